The second kappa shape index (κ2) is 2.62. The first-order valence-corrected chi connectivity index (χ1v) is 3.19. The van der Waals surface area contributed by atoms with Crippen LogP contribution in [0.5, 0.6) is 0 Å². The zero-order chi connectivity index (χ0) is 8.43. The van der Waals surface area contributed by atoms with Gasteiger partial charge in [-0.05, 0) is 13.0 Å². The molecule has 0 saturated carbocycles. The van der Waals surface area contributed by atoms with Crippen molar-refractivity contribution in [2.75, 3.05) is 0 Å². The third-order valence-electron chi connectivity index (χ3n) is 1.40. The van der Waals surface area contributed by atoms with E-state index < -0.39 is 0 Å². The minimum absolute atomic E-state index is 0.0336. The quantitative estimate of drug-likeness (QED) is 0.499. The molecular weight excluding hydrogens is 142 g/mol. The molecule has 0 aliphatic carbocycles. The Bertz CT molecular complexity index is 270. The lowest BCUT2D eigenvalue weighted by atomic mass is 10.2. The van der Waals surface area contributed by atoms with Crippen molar-refractivity contribution in [1.82, 2.24) is 4.98 Å². The molecule has 0 amide bonds. The minimum Gasteiger partial charge on any atom is -0.506 e. The van der Waals surface area contributed by atoms with Crippen molar-refractivity contribution in [3.05, 3.63) is 30.1 Å². The Morgan fingerprint density at radius 3 is 2.64 bits per heavy atom. The Morgan fingerprint density at radius 2 is 2.36 bits per heavy atom. The number of carbonyl (C=O) groups is 1. The fraction of sp³-hybridized carbons (Fsp3) is 0.125. The van der Waals surface area contributed by atoms with Crippen LogP contribution in [-0.4, -0.2) is 15.9 Å². The molecule has 0 aliphatic heterocycles. The van der Waals surface area contributed by atoms with Gasteiger partial charge in [-0.1, -0.05) is 6.58 Å². The normalized spacial score (nSPS) is 9.55. The highest BCUT2D eigenvalue weighted by molar-refractivity contribution is 5.94. The number of aromatic amines is 1. The first-order chi connectivity index (χ1) is 5.11. The lowest BCUT2D eigenvalue weighted by molar-refractivity contribution is 0.101. The van der Waals surface area contributed by atoms with Crippen molar-refractivity contribution in [1.29, 1.82) is 0 Å². The predicted molar refractivity (Wildman–Crippen MR) is 42.5 cm³/mol. The molecular formula is C8H9NO2. The number of hydrogen-bond donors (Lipinski definition) is 2. The van der Waals surface area contributed by atoms with E-state index in [2.05, 4.69) is 11.6 Å². The maximum atomic E-state index is 10.8. The molecule has 0 aromatic carbocycles. The van der Waals surface area contributed by atoms with Gasteiger partial charge in [0.15, 0.2) is 5.78 Å². The fourth-order valence-electron chi connectivity index (χ4n) is 0.764. The van der Waals surface area contributed by atoms with Crippen LogP contribution in [0.1, 0.15) is 23.0 Å². The lowest BCUT2D eigenvalue weighted by Gasteiger charge is -1.88. The van der Waals surface area contributed by atoms with Crippen LogP contribution in [0.3, 0.4) is 0 Å². The summed E-state index contributed by atoms with van der Waals surface area (Å²) in [5, 5.41) is 8.88. The van der Waals surface area contributed by atoms with E-state index in [1.54, 1.807) is 12.3 Å². The van der Waals surface area contributed by atoms with Gasteiger partial charge in [-0.2, -0.15) is 0 Å². The SMILES string of the molecule is C=C(O)c1cc(C(C)=O)c[nH]1. The summed E-state index contributed by atoms with van der Waals surface area (Å²) in [4.78, 5) is 13.5. The van der Waals surface area contributed by atoms with E-state index >= 15 is 0 Å². The van der Waals surface area contributed by atoms with Gasteiger partial charge in [-0.15, -0.1) is 0 Å². The molecule has 1 heterocycles. The van der Waals surface area contributed by atoms with Gasteiger partial charge in [0.25, 0.3) is 0 Å². The Balaban J connectivity index is 2.99. The topological polar surface area (TPSA) is 53.1 Å². The molecule has 58 valence electrons. The first-order valence-electron chi connectivity index (χ1n) is 3.19. The van der Waals surface area contributed by atoms with Crippen molar-refractivity contribution in [2.45, 2.75) is 6.92 Å². The predicted octanol–water partition coefficient (Wildman–Crippen LogP) is 1.75. The van der Waals surface area contributed by atoms with E-state index in [0.717, 1.165) is 0 Å². The van der Waals surface area contributed by atoms with Gasteiger partial charge in [0, 0.05) is 11.8 Å². The number of ketones is 1. The largest absolute Gasteiger partial charge is 0.506 e. The van der Waals surface area contributed by atoms with E-state index in [1.165, 1.54) is 6.92 Å². The molecule has 3 nitrogen and oxygen atoms in total. The van der Waals surface area contributed by atoms with Gasteiger partial charge < -0.3 is 10.1 Å². The van der Waals surface area contributed by atoms with Crippen LogP contribution < -0.4 is 0 Å². The summed E-state index contributed by atoms with van der Waals surface area (Å²) in [5.41, 5.74) is 1.03. The molecule has 2 N–H and O–H groups in total. The molecule has 1 rings (SSSR count). The molecule has 0 aliphatic rings. The summed E-state index contributed by atoms with van der Waals surface area (Å²) in [6, 6.07) is 1.56. The molecule has 0 unspecified atom stereocenters. The Hall–Kier alpha value is -1.51. The monoisotopic (exact) mass is 151 g/mol. The number of aliphatic hydroxyl groups is 1. The van der Waals surface area contributed by atoms with Crippen LogP contribution >= 0.6 is 0 Å². The molecule has 0 spiro atoms. The van der Waals surface area contributed by atoms with E-state index in [1.807, 2.05) is 0 Å². The average Bonchev–Trinajstić information content (AvgIpc) is 2.33. The van der Waals surface area contributed by atoms with Crippen LogP contribution in [-0.2, 0) is 0 Å². The van der Waals surface area contributed by atoms with E-state index in [0.29, 0.717) is 11.3 Å². The van der Waals surface area contributed by atoms with Gasteiger partial charge in [-0.3, -0.25) is 4.79 Å². The van der Waals surface area contributed by atoms with Gasteiger partial charge in [0.05, 0.1) is 5.69 Å². The van der Waals surface area contributed by atoms with Gasteiger partial charge in [0.1, 0.15) is 5.76 Å². The Kier molecular flexibility index (Phi) is 1.81. The summed E-state index contributed by atoms with van der Waals surface area (Å²) in [6.45, 7) is 4.78. The highest BCUT2D eigenvalue weighted by Crippen LogP contribution is 2.09. The third kappa shape index (κ3) is 1.49. The molecule has 1 aromatic rings. The van der Waals surface area contributed by atoms with Crippen molar-refractivity contribution in [2.24, 2.45) is 0 Å². The average molecular weight is 151 g/mol. The number of carbonyl (C=O) groups excluding carboxylic acids is 1. The van der Waals surface area contributed by atoms with Crippen LogP contribution in [0.4, 0.5) is 0 Å². The fourth-order valence-corrected chi connectivity index (χ4v) is 0.764. The number of rotatable bonds is 2. The zero-order valence-corrected chi connectivity index (χ0v) is 6.22. The third-order valence-corrected chi connectivity index (χ3v) is 1.40. The summed E-state index contributed by atoms with van der Waals surface area (Å²) in [5.74, 6) is -0.0914. The van der Waals surface area contributed by atoms with E-state index in [4.69, 9.17) is 5.11 Å². The zero-order valence-electron chi connectivity index (χ0n) is 6.22. The molecule has 0 saturated heterocycles. The van der Waals surface area contributed by atoms with Crippen molar-refractivity contribution in [3.63, 3.8) is 0 Å². The van der Waals surface area contributed by atoms with Crippen LogP contribution in [0, 0.1) is 0 Å². The van der Waals surface area contributed by atoms with Crippen LogP contribution in [0.2, 0.25) is 0 Å². The number of aliphatic hydroxyl groups excluding tert-OH is 1. The molecule has 1 aromatic heterocycles. The second-order valence-electron chi connectivity index (χ2n) is 2.30. The number of nitrogens with one attached hydrogen (secondary N) is 1. The van der Waals surface area contributed by atoms with E-state index in [-0.39, 0.29) is 11.5 Å². The minimum atomic E-state index is -0.0579. The molecule has 3 heteroatoms. The van der Waals surface area contributed by atoms with Crippen molar-refractivity contribution in [3.8, 4) is 0 Å². The number of hydrogen-bond acceptors (Lipinski definition) is 2. The maximum absolute atomic E-state index is 10.8. The summed E-state index contributed by atoms with van der Waals surface area (Å²) in [6.07, 6.45) is 1.54. The van der Waals surface area contributed by atoms with Crippen LogP contribution in [0.25, 0.3) is 5.76 Å². The second-order valence-corrected chi connectivity index (χ2v) is 2.30. The summed E-state index contributed by atoms with van der Waals surface area (Å²) < 4.78 is 0. The molecule has 0 bridgehead atoms. The Labute approximate surface area is 64.4 Å². The summed E-state index contributed by atoms with van der Waals surface area (Å²) in [7, 11) is 0. The highest BCUT2D eigenvalue weighted by atomic mass is 16.3. The molecule has 0 atom stereocenters. The molecule has 0 fully saturated rings. The lowest BCUT2D eigenvalue weighted by Crippen LogP contribution is -1.86. The Morgan fingerprint density at radius 1 is 1.73 bits per heavy atom. The van der Waals surface area contributed by atoms with E-state index in [9.17, 15) is 4.79 Å². The van der Waals surface area contributed by atoms with Gasteiger partial charge in [0.2, 0.25) is 0 Å². The smallest absolute Gasteiger partial charge is 0.161 e. The number of aromatic nitrogens is 1. The first kappa shape index (κ1) is 7.60. The maximum Gasteiger partial charge on any atom is 0.161 e. The molecule has 0 radical (unpaired) electrons. The number of Topliss-reactive ketones (excluding diaryl/α,β-unsaturated/α-hetero) is 1. The standard InChI is InChI=1S/C8H9NO2/c1-5(10)7-3-8(6(2)11)9-4-7/h3-4,9,11H,2H2,1H3. The van der Waals surface area contributed by atoms with Crippen molar-refractivity contribution < 1.29 is 9.90 Å². The van der Waals surface area contributed by atoms with Gasteiger partial charge in [-0.25, -0.2) is 0 Å². The molecule has 11 heavy (non-hydrogen) atoms. The summed E-state index contributed by atoms with van der Waals surface area (Å²) >= 11 is 0. The van der Waals surface area contributed by atoms with Gasteiger partial charge >= 0.3 is 0 Å². The highest BCUT2D eigenvalue weighted by Gasteiger charge is 2.03. The van der Waals surface area contributed by atoms with Crippen molar-refractivity contribution >= 4 is 11.5 Å². The number of H-pyrrole nitrogens is 1. The van der Waals surface area contributed by atoms with Crippen LogP contribution in [0.15, 0.2) is 18.8 Å².